The van der Waals surface area contributed by atoms with Gasteiger partial charge >= 0.3 is 0 Å². The number of aromatic nitrogens is 5. The van der Waals surface area contributed by atoms with Crippen LogP contribution < -0.4 is 0 Å². The summed E-state index contributed by atoms with van der Waals surface area (Å²) < 4.78 is 1.97. The molecule has 0 fully saturated rings. The summed E-state index contributed by atoms with van der Waals surface area (Å²) in [4.78, 5) is 4.64. The minimum atomic E-state index is -0.531. The van der Waals surface area contributed by atoms with Crippen molar-refractivity contribution < 1.29 is 0 Å². The Morgan fingerprint density at radius 2 is 1.80 bits per heavy atom. The summed E-state index contributed by atoms with van der Waals surface area (Å²) in [5.74, 6) is 0. The zero-order valence-corrected chi connectivity index (χ0v) is 17.0. The molecule has 5 aromatic rings. The van der Waals surface area contributed by atoms with Crippen LogP contribution in [0, 0.1) is 18.3 Å². The van der Waals surface area contributed by atoms with Gasteiger partial charge < -0.3 is 0 Å². The Morgan fingerprint density at radius 1 is 1.00 bits per heavy atom. The van der Waals surface area contributed by atoms with Gasteiger partial charge in [0.05, 0.1) is 40.1 Å². The van der Waals surface area contributed by atoms with Crippen LogP contribution in [-0.2, 0) is 5.41 Å². The maximum atomic E-state index is 9.42. The third kappa shape index (κ3) is 2.75. The number of nitrogens with zero attached hydrogens (tertiary/aromatic N) is 5. The van der Waals surface area contributed by atoms with Crippen molar-refractivity contribution in [3.63, 3.8) is 0 Å². The van der Waals surface area contributed by atoms with Crippen LogP contribution in [-0.4, -0.2) is 25.0 Å². The van der Waals surface area contributed by atoms with Gasteiger partial charge in [-0.25, -0.2) is 4.68 Å². The molecule has 30 heavy (non-hydrogen) atoms. The number of pyridine rings is 1. The summed E-state index contributed by atoms with van der Waals surface area (Å²) in [5.41, 5.74) is 6.36. The highest BCUT2D eigenvalue weighted by molar-refractivity contribution is 6.06. The van der Waals surface area contributed by atoms with E-state index in [1.807, 2.05) is 74.4 Å². The molecule has 0 aliphatic heterocycles. The van der Waals surface area contributed by atoms with E-state index in [1.54, 1.807) is 0 Å². The van der Waals surface area contributed by atoms with Crippen LogP contribution in [0.2, 0.25) is 0 Å². The summed E-state index contributed by atoms with van der Waals surface area (Å²) in [6, 6.07) is 16.6. The SMILES string of the molecule is Cc1nn(-c2ccc(C(C)(C)C#N)cc2)c2c1cnc1ccc(-c3cn[nH]c3)cc12. The second-order valence-electron chi connectivity index (χ2n) is 8.02. The highest BCUT2D eigenvalue weighted by atomic mass is 15.3. The van der Waals surface area contributed by atoms with E-state index in [0.717, 1.165) is 49.9 Å². The molecule has 2 aromatic carbocycles. The second kappa shape index (κ2) is 6.53. The zero-order valence-electron chi connectivity index (χ0n) is 17.0. The Kier molecular flexibility index (Phi) is 3.93. The molecule has 3 aromatic heterocycles. The van der Waals surface area contributed by atoms with Crippen LogP contribution in [0.25, 0.3) is 38.6 Å². The topological polar surface area (TPSA) is 83.2 Å². The average molecular weight is 392 g/mol. The molecule has 0 radical (unpaired) electrons. The van der Waals surface area contributed by atoms with E-state index >= 15 is 0 Å². The van der Waals surface area contributed by atoms with Crippen LogP contribution in [0.15, 0.2) is 61.1 Å². The highest BCUT2D eigenvalue weighted by Crippen LogP contribution is 2.32. The molecule has 0 aliphatic rings. The van der Waals surface area contributed by atoms with Crippen molar-refractivity contribution in [2.75, 3.05) is 0 Å². The normalized spacial score (nSPS) is 11.8. The molecule has 6 heteroatoms. The molecule has 1 N–H and O–H groups in total. The summed E-state index contributed by atoms with van der Waals surface area (Å²) in [6.45, 7) is 5.84. The molecule has 0 bridgehead atoms. The Morgan fingerprint density at radius 3 is 2.50 bits per heavy atom. The second-order valence-corrected chi connectivity index (χ2v) is 8.02. The van der Waals surface area contributed by atoms with Crippen molar-refractivity contribution in [2.24, 2.45) is 0 Å². The van der Waals surface area contributed by atoms with Crippen molar-refractivity contribution in [1.29, 1.82) is 5.26 Å². The Balaban J connectivity index is 1.74. The van der Waals surface area contributed by atoms with E-state index in [1.165, 1.54) is 0 Å². The number of hydrogen-bond donors (Lipinski definition) is 1. The number of fused-ring (bicyclic) bond motifs is 3. The number of H-pyrrole nitrogens is 1. The Labute approximate surface area is 173 Å². The van der Waals surface area contributed by atoms with Crippen molar-refractivity contribution in [1.82, 2.24) is 25.0 Å². The fraction of sp³-hybridized carbons (Fsp3) is 0.167. The number of nitrogens with one attached hydrogen (secondary N) is 1. The summed E-state index contributed by atoms with van der Waals surface area (Å²) in [7, 11) is 0. The standard InChI is InChI=1S/C24H20N6/c1-15-21-13-26-22-9-4-16(17-11-27-28-12-17)10-20(22)23(21)30(29-15)19-7-5-18(6-8-19)24(2,3)14-25/h4-13H,1-3H3,(H,27,28). The van der Waals surface area contributed by atoms with Crippen LogP contribution >= 0.6 is 0 Å². The maximum Gasteiger partial charge on any atom is 0.0853 e. The lowest BCUT2D eigenvalue weighted by atomic mass is 9.86. The fourth-order valence-corrected chi connectivity index (χ4v) is 3.78. The van der Waals surface area contributed by atoms with E-state index in [9.17, 15) is 5.26 Å². The number of benzene rings is 2. The molecule has 0 unspecified atom stereocenters. The smallest absolute Gasteiger partial charge is 0.0853 e. The first-order valence-corrected chi connectivity index (χ1v) is 9.77. The molecular formula is C24H20N6. The molecular weight excluding hydrogens is 372 g/mol. The largest absolute Gasteiger partial charge is 0.285 e. The predicted molar refractivity (Wildman–Crippen MR) is 117 cm³/mol. The highest BCUT2D eigenvalue weighted by Gasteiger charge is 2.20. The van der Waals surface area contributed by atoms with Crippen molar-refractivity contribution in [3.05, 3.63) is 72.3 Å². The lowest BCUT2D eigenvalue weighted by Crippen LogP contribution is -2.13. The predicted octanol–water partition coefficient (Wildman–Crippen LogP) is 5.07. The number of aryl methyl sites for hydroxylation is 1. The van der Waals surface area contributed by atoms with E-state index in [4.69, 9.17) is 5.10 Å². The number of rotatable bonds is 3. The average Bonchev–Trinajstić information content (AvgIpc) is 3.42. The summed E-state index contributed by atoms with van der Waals surface area (Å²) in [6.07, 6.45) is 5.58. The Bertz CT molecular complexity index is 1420. The maximum absolute atomic E-state index is 9.42. The molecule has 0 aliphatic carbocycles. The zero-order chi connectivity index (χ0) is 20.9. The minimum Gasteiger partial charge on any atom is -0.285 e. The van der Waals surface area contributed by atoms with Gasteiger partial charge in [-0.1, -0.05) is 18.2 Å². The lowest BCUT2D eigenvalue weighted by molar-refractivity contribution is 0.686. The molecule has 146 valence electrons. The van der Waals surface area contributed by atoms with Gasteiger partial charge in [0.15, 0.2) is 0 Å². The quantitative estimate of drug-likeness (QED) is 0.464. The van der Waals surface area contributed by atoms with Crippen molar-refractivity contribution in [3.8, 4) is 22.9 Å². The fourth-order valence-electron chi connectivity index (χ4n) is 3.78. The van der Waals surface area contributed by atoms with Gasteiger partial charge in [-0.3, -0.25) is 10.1 Å². The lowest BCUT2D eigenvalue weighted by Gasteiger charge is -2.16. The van der Waals surface area contributed by atoms with Gasteiger partial charge in [-0.05, 0) is 56.2 Å². The molecule has 5 rings (SSSR count). The first-order chi connectivity index (χ1) is 14.5. The van der Waals surface area contributed by atoms with Crippen molar-refractivity contribution in [2.45, 2.75) is 26.2 Å². The first kappa shape index (κ1) is 18.1. The number of nitriles is 1. The van der Waals surface area contributed by atoms with Gasteiger partial charge in [-0.2, -0.15) is 15.5 Å². The van der Waals surface area contributed by atoms with E-state index in [2.05, 4.69) is 33.4 Å². The van der Waals surface area contributed by atoms with Crippen LogP contribution in [0.4, 0.5) is 0 Å². The first-order valence-electron chi connectivity index (χ1n) is 9.77. The van der Waals surface area contributed by atoms with Gasteiger partial charge in [0.2, 0.25) is 0 Å². The van der Waals surface area contributed by atoms with Gasteiger partial charge in [0.1, 0.15) is 0 Å². The summed E-state index contributed by atoms with van der Waals surface area (Å²) in [5, 5.41) is 23.2. The molecule has 0 spiro atoms. The number of hydrogen-bond acceptors (Lipinski definition) is 4. The van der Waals surface area contributed by atoms with E-state index in [-0.39, 0.29) is 0 Å². The molecule has 6 nitrogen and oxygen atoms in total. The minimum absolute atomic E-state index is 0.531. The third-order valence-electron chi connectivity index (χ3n) is 5.64. The monoisotopic (exact) mass is 392 g/mol. The molecule has 0 amide bonds. The third-order valence-corrected chi connectivity index (χ3v) is 5.64. The molecule has 0 atom stereocenters. The molecule has 0 saturated heterocycles. The van der Waals surface area contributed by atoms with Crippen molar-refractivity contribution >= 4 is 21.8 Å². The van der Waals surface area contributed by atoms with Gasteiger partial charge in [0, 0.05) is 28.7 Å². The van der Waals surface area contributed by atoms with Crippen LogP contribution in [0.5, 0.6) is 0 Å². The van der Waals surface area contributed by atoms with Crippen LogP contribution in [0.3, 0.4) is 0 Å². The van der Waals surface area contributed by atoms with E-state index in [0.29, 0.717) is 0 Å². The van der Waals surface area contributed by atoms with Gasteiger partial charge in [-0.15, -0.1) is 0 Å². The molecule has 3 heterocycles. The molecule has 0 saturated carbocycles. The van der Waals surface area contributed by atoms with Crippen LogP contribution in [0.1, 0.15) is 25.1 Å². The number of aromatic amines is 1. The van der Waals surface area contributed by atoms with E-state index < -0.39 is 5.41 Å². The Hall–Kier alpha value is -3.98. The summed E-state index contributed by atoms with van der Waals surface area (Å²) >= 11 is 0. The van der Waals surface area contributed by atoms with Gasteiger partial charge in [0.25, 0.3) is 0 Å².